The monoisotopic (exact) mass is 321 g/mol. The second kappa shape index (κ2) is 5.88. The quantitative estimate of drug-likeness (QED) is 0.893. The van der Waals surface area contributed by atoms with E-state index < -0.39 is 15.8 Å². The second-order valence-corrected chi connectivity index (χ2v) is 7.50. The zero-order valence-corrected chi connectivity index (χ0v) is 12.5. The van der Waals surface area contributed by atoms with Crippen LogP contribution in [0.1, 0.15) is 12.0 Å². The molecule has 8 heteroatoms. The molecule has 1 amide bonds. The lowest BCUT2D eigenvalue weighted by Gasteiger charge is -2.09. The Labute approximate surface area is 127 Å². The predicted molar refractivity (Wildman–Crippen MR) is 78.3 cm³/mol. The molecule has 0 unspecified atom stereocenters. The Morgan fingerprint density at radius 3 is 2.68 bits per heavy atom. The molecule has 7 nitrogen and oxygen atoms in total. The van der Waals surface area contributed by atoms with Crippen LogP contribution < -0.4 is 5.32 Å². The molecule has 1 aromatic carbocycles. The van der Waals surface area contributed by atoms with Gasteiger partial charge in [-0.15, -0.1) is 0 Å². The van der Waals surface area contributed by atoms with E-state index in [2.05, 4.69) is 20.0 Å². The molecule has 2 heterocycles. The zero-order chi connectivity index (χ0) is 15.6. The first-order valence-corrected chi connectivity index (χ1v) is 8.69. The van der Waals surface area contributed by atoms with E-state index in [-0.39, 0.29) is 17.4 Å². The zero-order valence-electron chi connectivity index (χ0n) is 11.7. The van der Waals surface area contributed by atoms with Gasteiger partial charge in [-0.05, 0) is 12.0 Å². The Bertz CT molecular complexity index is 754. The molecule has 0 bridgehead atoms. The summed E-state index contributed by atoms with van der Waals surface area (Å²) in [6.07, 6.45) is 1.67. The predicted octanol–water partition coefficient (Wildman–Crippen LogP) is 0.787. The summed E-state index contributed by atoms with van der Waals surface area (Å²) in [6.45, 7) is 0.363. The highest BCUT2D eigenvalue weighted by atomic mass is 32.2. The molecule has 0 spiro atoms. The van der Waals surface area contributed by atoms with Gasteiger partial charge in [0.25, 0.3) is 0 Å². The molecule has 1 N–H and O–H groups in total. The third kappa shape index (κ3) is 3.33. The minimum Gasteiger partial charge on any atom is -0.352 e. The van der Waals surface area contributed by atoms with Crippen LogP contribution in [0.5, 0.6) is 0 Å². The lowest BCUT2D eigenvalue weighted by molar-refractivity contribution is -0.124. The van der Waals surface area contributed by atoms with E-state index in [9.17, 15) is 13.2 Å². The van der Waals surface area contributed by atoms with E-state index in [0.29, 0.717) is 18.8 Å². The van der Waals surface area contributed by atoms with E-state index in [1.165, 1.54) is 6.39 Å². The van der Waals surface area contributed by atoms with Crippen molar-refractivity contribution in [2.24, 2.45) is 5.92 Å². The molecule has 0 radical (unpaired) electrons. The van der Waals surface area contributed by atoms with Crippen LogP contribution in [0.4, 0.5) is 0 Å². The number of nitrogens with zero attached hydrogens (tertiary/aromatic N) is 2. The Hall–Kier alpha value is -2.22. The summed E-state index contributed by atoms with van der Waals surface area (Å²) >= 11 is 0. The lowest BCUT2D eigenvalue weighted by Crippen LogP contribution is -2.30. The van der Waals surface area contributed by atoms with E-state index in [4.69, 9.17) is 0 Å². The number of hydrogen-bond donors (Lipinski definition) is 1. The van der Waals surface area contributed by atoms with Gasteiger partial charge in [0.1, 0.15) is 0 Å². The van der Waals surface area contributed by atoms with Crippen molar-refractivity contribution in [2.45, 2.75) is 13.0 Å². The summed E-state index contributed by atoms with van der Waals surface area (Å²) in [7, 11) is -3.04. The van der Waals surface area contributed by atoms with Gasteiger partial charge in [-0.25, -0.2) is 8.42 Å². The molecule has 0 aliphatic carbocycles. The van der Waals surface area contributed by atoms with Crippen molar-refractivity contribution in [3.8, 4) is 11.4 Å². The van der Waals surface area contributed by atoms with Gasteiger partial charge in [0.2, 0.25) is 18.1 Å². The molecule has 1 aliphatic rings. The van der Waals surface area contributed by atoms with E-state index in [0.717, 1.165) is 11.1 Å². The number of sulfone groups is 1. The lowest BCUT2D eigenvalue weighted by atomic mass is 10.1. The largest absolute Gasteiger partial charge is 0.352 e. The molecule has 3 rings (SSSR count). The van der Waals surface area contributed by atoms with Crippen LogP contribution in [0.25, 0.3) is 11.4 Å². The maximum absolute atomic E-state index is 12.0. The summed E-state index contributed by atoms with van der Waals surface area (Å²) in [5.74, 6) is -0.0706. The Balaban J connectivity index is 1.57. The second-order valence-electron chi connectivity index (χ2n) is 5.27. The van der Waals surface area contributed by atoms with E-state index >= 15 is 0 Å². The summed E-state index contributed by atoms with van der Waals surface area (Å²) in [6, 6.07) is 7.40. The fraction of sp³-hybridized carbons (Fsp3) is 0.357. The number of rotatable bonds is 4. The van der Waals surface area contributed by atoms with Crippen molar-refractivity contribution in [2.75, 3.05) is 11.5 Å². The number of aromatic nitrogens is 2. The molecule has 1 aliphatic heterocycles. The molecule has 1 atom stereocenters. The molecule has 2 aromatic rings. The maximum atomic E-state index is 12.0. The number of carbonyl (C=O) groups is 1. The Morgan fingerprint density at radius 1 is 1.32 bits per heavy atom. The fourth-order valence-electron chi connectivity index (χ4n) is 2.40. The standard InChI is InChI=1S/C14H15N3O4S/c18-14(12-5-6-22(19,20)8-12)15-7-10-1-3-11(4-2-10)13-16-9-21-17-13/h1-4,9,12H,5-8H2,(H,15,18)/t12-/m0/s1. The van der Waals surface area contributed by atoms with Crippen LogP contribution in [0.15, 0.2) is 35.2 Å². The van der Waals surface area contributed by atoms with Crippen molar-refractivity contribution in [3.63, 3.8) is 0 Å². The molecular weight excluding hydrogens is 306 g/mol. The number of amides is 1. The summed E-state index contributed by atoms with van der Waals surface area (Å²) in [5.41, 5.74) is 1.74. The van der Waals surface area contributed by atoms with Gasteiger partial charge in [-0.1, -0.05) is 29.4 Å². The fourth-order valence-corrected chi connectivity index (χ4v) is 4.15. The highest BCUT2D eigenvalue weighted by Gasteiger charge is 2.32. The van der Waals surface area contributed by atoms with Gasteiger partial charge in [0.15, 0.2) is 9.84 Å². The first-order chi connectivity index (χ1) is 10.5. The minimum absolute atomic E-state index is 0.0460. The molecule has 1 aromatic heterocycles. The Kier molecular flexibility index (Phi) is 3.93. The van der Waals surface area contributed by atoms with Crippen LogP contribution in [0.2, 0.25) is 0 Å². The number of benzene rings is 1. The summed E-state index contributed by atoms with van der Waals surface area (Å²) in [5, 5.41) is 6.52. The Morgan fingerprint density at radius 2 is 2.09 bits per heavy atom. The normalized spacial score (nSPS) is 19.9. The molecule has 0 saturated carbocycles. The van der Waals surface area contributed by atoms with Crippen LogP contribution in [-0.2, 0) is 21.2 Å². The van der Waals surface area contributed by atoms with Crippen LogP contribution in [-0.4, -0.2) is 36.0 Å². The molecular formula is C14H15N3O4S. The summed E-state index contributed by atoms with van der Waals surface area (Å²) < 4.78 is 27.4. The summed E-state index contributed by atoms with van der Waals surface area (Å²) in [4.78, 5) is 15.9. The molecule has 1 fully saturated rings. The number of carbonyl (C=O) groups excluding carboxylic acids is 1. The molecule has 1 saturated heterocycles. The van der Waals surface area contributed by atoms with Crippen molar-refractivity contribution in [1.82, 2.24) is 15.5 Å². The first-order valence-electron chi connectivity index (χ1n) is 6.87. The smallest absolute Gasteiger partial charge is 0.224 e. The van der Waals surface area contributed by atoms with Crippen LogP contribution in [0.3, 0.4) is 0 Å². The van der Waals surface area contributed by atoms with E-state index in [1.54, 1.807) is 0 Å². The first kappa shape index (κ1) is 14.7. The van der Waals surface area contributed by atoms with Gasteiger partial charge in [-0.3, -0.25) is 4.79 Å². The third-order valence-corrected chi connectivity index (χ3v) is 5.41. The van der Waals surface area contributed by atoms with E-state index in [1.807, 2.05) is 24.3 Å². The van der Waals surface area contributed by atoms with Crippen molar-refractivity contribution >= 4 is 15.7 Å². The molecule has 116 valence electrons. The van der Waals surface area contributed by atoms with Crippen molar-refractivity contribution < 1.29 is 17.7 Å². The topological polar surface area (TPSA) is 102 Å². The number of nitrogens with one attached hydrogen (secondary N) is 1. The average Bonchev–Trinajstić information content (AvgIpc) is 3.15. The van der Waals surface area contributed by atoms with Gasteiger partial charge < -0.3 is 9.84 Å². The van der Waals surface area contributed by atoms with Crippen molar-refractivity contribution in [1.29, 1.82) is 0 Å². The van der Waals surface area contributed by atoms with Gasteiger partial charge in [-0.2, -0.15) is 4.98 Å². The van der Waals surface area contributed by atoms with Gasteiger partial charge in [0, 0.05) is 12.1 Å². The third-order valence-electron chi connectivity index (χ3n) is 3.64. The van der Waals surface area contributed by atoms with Gasteiger partial charge >= 0.3 is 0 Å². The van der Waals surface area contributed by atoms with Crippen LogP contribution >= 0.6 is 0 Å². The minimum atomic E-state index is -3.04. The average molecular weight is 321 g/mol. The number of hydrogen-bond acceptors (Lipinski definition) is 6. The maximum Gasteiger partial charge on any atom is 0.224 e. The van der Waals surface area contributed by atoms with Crippen molar-refractivity contribution in [3.05, 3.63) is 36.2 Å². The SMILES string of the molecule is O=C(NCc1ccc(-c2ncon2)cc1)[C@H]1CCS(=O)(=O)C1. The highest BCUT2D eigenvalue weighted by molar-refractivity contribution is 7.91. The molecule has 22 heavy (non-hydrogen) atoms. The highest BCUT2D eigenvalue weighted by Crippen LogP contribution is 2.19. The van der Waals surface area contributed by atoms with Gasteiger partial charge in [0.05, 0.1) is 17.4 Å². The van der Waals surface area contributed by atoms with Crippen LogP contribution in [0, 0.1) is 5.92 Å².